The molecule has 2 amide bonds. The number of carbonyl (C=O) groups excluding carboxylic acids is 1. The molecule has 1 aromatic heterocycles. The summed E-state index contributed by atoms with van der Waals surface area (Å²) in [6.45, 7) is 4.27. The van der Waals surface area contributed by atoms with Gasteiger partial charge in [0.1, 0.15) is 17.7 Å². The Balaban J connectivity index is 1.65. The van der Waals surface area contributed by atoms with Crippen LogP contribution in [0.1, 0.15) is 31.3 Å². The minimum Gasteiger partial charge on any atom is -0.337 e. The van der Waals surface area contributed by atoms with Crippen molar-refractivity contribution in [1.29, 1.82) is 0 Å². The topological polar surface area (TPSA) is 71.3 Å². The lowest BCUT2D eigenvalue weighted by Gasteiger charge is -2.23. The van der Waals surface area contributed by atoms with E-state index in [-0.39, 0.29) is 30.1 Å². The number of carbonyl (C=O) groups is 1. The Kier molecular flexibility index (Phi) is 5.98. The minimum atomic E-state index is -0.532. The van der Waals surface area contributed by atoms with Gasteiger partial charge in [0.05, 0.1) is 0 Å². The summed E-state index contributed by atoms with van der Waals surface area (Å²) in [6, 6.07) is 11.0. The molecule has 1 unspecified atom stereocenters. The summed E-state index contributed by atoms with van der Waals surface area (Å²) in [5, 5.41) is 6.66. The van der Waals surface area contributed by atoms with E-state index in [2.05, 4.69) is 15.5 Å². The number of nitrogens with zero attached hydrogens (tertiary/aromatic N) is 3. The number of aromatic nitrogens is 2. The van der Waals surface area contributed by atoms with Crippen LogP contribution in [-0.2, 0) is 6.54 Å². The molecule has 3 aromatic rings. The molecule has 0 radical (unpaired) electrons. The van der Waals surface area contributed by atoms with Crippen LogP contribution in [0.2, 0.25) is 0 Å². The van der Waals surface area contributed by atoms with Gasteiger partial charge in [-0.1, -0.05) is 17.3 Å². The minimum absolute atomic E-state index is 0.231. The molecular formula is C20H20F2N4O2. The van der Waals surface area contributed by atoms with Crippen molar-refractivity contribution in [3.8, 4) is 11.4 Å². The molecule has 6 nitrogen and oxygen atoms in total. The van der Waals surface area contributed by atoms with Gasteiger partial charge in [-0.25, -0.2) is 13.6 Å². The maximum Gasteiger partial charge on any atom is 0.318 e. The second kappa shape index (κ2) is 8.60. The maximum absolute atomic E-state index is 13.4. The van der Waals surface area contributed by atoms with Crippen molar-refractivity contribution < 1.29 is 18.1 Å². The fourth-order valence-electron chi connectivity index (χ4n) is 2.65. The van der Waals surface area contributed by atoms with Crippen molar-refractivity contribution >= 4 is 6.03 Å². The summed E-state index contributed by atoms with van der Waals surface area (Å²) >= 11 is 0. The Hall–Kier alpha value is -3.29. The van der Waals surface area contributed by atoms with Crippen LogP contribution < -0.4 is 5.32 Å². The second-order valence-corrected chi connectivity index (χ2v) is 6.28. The van der Waals surface area contributed by atoms with Gasteiger partial charge in [0.15, 0.2) is 0 Å². The highest BCUT2D eigenvalue weighted by atomic mass is 19.1. The molecule has 8 heteroatoms. The molecule has 0 fully saturated rings. The number of rotatable bonds is 6. The van der Waals surface area contributed by atoms with Crippen molar-refractivity contribution in [3.05, 3.63) is 71.6 Å². The third kappa shape index (κ3) is 4.70. The van der Waals surface area contributed by atoms with E-state index in [1.165, 1.54) is 24.3 Å². The number of nitrogens with one attached hydrogen (secondary N) is 1. The van der Waals surface area contributed by atoms with Gasteiger partial charge in [0.2, 0.25) is 11.7 Å². The van der Waals surface area contributed by atoms with Gasteiger partial charge >= 0.3 is 6.03 Å². The summed E-state index contributed by atoms with van der Waals surface area (Å²) in [7, 11) is 0. The van der Waals surface area contributed by atoms with E-state index in [1.54, 1.807) is 36.1 Å². The predicted molar refractivity (Wildman–Crippen MR) is 99.1 cm³/mol. The lowest BCUT2D eigenvalue weighted by atomic mass is 10.2. The van der Waals surface area contributed by atoms with E-state index >= 15 is 0 Å². The van der Waals surface area contributed by atoms with Gasteiger partial charge in [0, 0.05) is 18.7 Å². The van der Waals surface area contributed by atoms with Crippen LogP contribution >= 0.6 is 0 Å². The molecule has 1 atom stereocenters. The van der Waals surface area contributed by atoms with Crippen molar-refractivity contribution in [3.63, 3.8) is 0 Å². The third-order valence-corrected chi connectivity index (χ3v) is 4.19. The first-order valence-electron chi connectivity index (χ1n) is 8.85. The lowest BCUT2D eigenvalue weighted by molar-refractivity contribution is 0.191. The van der Waals surface area contributed by atoms with Crippen LogP contribution in [-0.4, -0.2) is 27.6 Å². The van der Waals surface area contributed by atoms with E-state index in [1.807, 2.05) is 6.92 Å². The van der Waals surface area contributed by atoms with Gasteiger partial charge in [-0.3, -0.25) is 0 Å². The van der Waals surface area contributed by atoms with E-state index in [4.69, 9.17) is 4.52 Å². The summed E-state index contributed by atoms with van der Waals surface area (Å²) in [5.41, 5.74) is 1.30. The molecule has 0 bridgehead atoms. The first-order chi connectivity index (χ1) is 13.5. The van der Waals surface area contributed by atoms with Gasteiger partial charge in [0.25, 0.3) is 0 Å². The van der Waals surface area contributed by atoms with Crippen molar-refractivity contribution in [2.75, 3.05) is 6.54 Å². The Bertz CT molecular complexity index is 943. The molecule has 0 aliphatic heterocycles. The first-order valence-corrected chi connectivity index (χ1v) is 8.85. The van der Waals surface area contributed by atoms with Gasteiger partial charge in [-0.15, -0.1) is 0 Å². The van der Waals surface area contributed by atoms with Gasteiger partial charge in [-0.2, -0.15) is 4.98 Å². The molecule has 1 N–H and O–H groups in total. The Morgan fingerprint density at radius 3 is 2.61 bits per heavy atom. The SMILES string of the molecule is CCN(Cc1cccc(F)c1)C(=O)NC(C)c1nc(-c2ccc(F)cc2)no1. The number of hydrogen-bond acceptors (Lipinski definition) is 4. The molecule has 28 heavy (non-hydrogen) atoms. The van der Waals surface area contributed by atoms with E-state index in [9.17, 15) is 13.6 Å². The van der Waals surface area contributed by atoms with Gasteiger partial charge in [-0.05, 0) is 55.8 Å². The van der Waals surface area contributed by atoms with Crippen LogP contribution in [0.5, 0.6) is 0 Å². The van der Waals surface area contributed by atoms with Crippen LogP contribution in [0.4, 0.5) is 13.6 Å². The summed E-state index contributed by atoms with van der Waals surface area (Å²) in [4.78, 5) is 18.4. The molecule has 0 saturated heterocycles. The van der Waals surface area contributed by atoms with Gasteiger partial charge < -0.3 is 14.7 Å². The largest absolute Gasteiger partial charge is 0.337 e. The van der Waals surface area contributed by atoms with Crippen LogP contribution in [0.25, 0.3) is 11.4 Å². The Morgan fingerprint density at radius 2 is 1.93 bits per heavy atom. The number of benzene rings is 2. The van der Waals surface area contributed by atoms with Crippen molar-refractivity contribution in [1.82, 2.24) is 20.4 Å². The highest BCUT2D eigenvalue weighted by molar-refractivity contribution is 5.74. The Labute approximate surface area is 161 Å². The highest BCUT2D eigenvalue weighted by Crippen LogP contribution is 2.19. The Morgan fingerprint density at radius 1 is 1.18 bits per heavy atom. The quantitative estimate of drug-likeness (QED) is 0.685. The molecule has 2 aromatic carbocycles. The summed E-state index contributed by atoms with van der Waals surface area (Å²) in [5.74, 6) is -0.162. The second-order valence-electron chi connectivity index (χ2n) is 6.28. The molecule has 0 saturated carbocycles. The number of hydrogen-bond donors (Lipinski definition) is 1. The number of urea groups is 1. The molecule has 146 valence electrons. The standard InChI is InChI=1S/C20H20F2N4O2/c1-3-26(12-14-5-4-6-17(22)11-14)20(27)23-13(2)19-24-18(25-28-19)15-7-9-16(21)10-8-15/h4-11,13H,3,12H2,1-2H3,(H,23,27). The molecule has 0 aliphatic carbocycles. The van der Waals surface area contributed by atoms with Crippen molar-refractivity contribution in [2.45, 2.75) is 26.4 Å². The molecule has 3 rings (SSSR count). The lowest BCUT2D eigenvalue weighted by Crippen LogP contribution is -2.40. The van der Waals surface area contributed by atoms with Crippen LogP contribution in [0.3, 0.4) is 0 Å². The fraction of sp³-hybridized carbons (Fsp3) is 0.250. The predicted octanol–water partition coefficient (Wildman–Crippen LogP) is 4.31. The number of amides is 2. The first kappa shape index (κ1) is 19.5. The van der Waals surface area contributed by atoms with Crippen molar-refractivity contribution in [2.24, 2.45) is 0 Å². The van der Waals surface area contributed by atoms with E-state index in [0.29, 0.717) is 23.5 Å². The smallest absolute Gasteiger partial charge is 0.318 e. The zero-order valence-corrected chi connectivity index (χ0v) is 15.5. The zero-order chi connectivity index (χ0) is 20.1. The third-order valence-electron chi connectivity index (χ3n) is 4.19. The van der Waals surface area contributed by atoms with Crippen LogP contribution in [0, 0.1) is 11.6 Å². The average molecular weight is 386 g/mol. The summed E-state index contributed by atoms with van der Waals surface area (Å²) in [6.07, 6.45) is 0. The number of halogens is 2. The molecule has 1 heterocycles. The highest BCUT2D eigenvalue weighted by Gasteiger charge is 2.20. The monoisotopic (exact) mass is 386 g/mol. The van der Waals surface area contributed by atoms with E-state index in [0.717, 1.165) is 0 Å². The van der Waals surface area contributed by atoms with E-state index < -0.39 is 6.04 Å². The normalized spacial score (nSPS) is 11.9. The zero-order valence-electron chi connectivity index (χ0n) is 15.5. The van der Waals surface area contributed by atoms with Crippen LogP contribution in [0.15, 0.2) is 53.1 Å². The molecule has 0 spiro atoms. The average Bonchev–Trinajstić information content (AvgIpc) is 3.17. The molecular weight excluding hydrogens is 366 g/mol. The molecule has 0 aliphatic rings. The summed E-state index contributed by atoms with van der Waals surface area (Å²) < 4.78 is 31.6. The maximum atomic E-state index is 13.4. The fourth-order valence-corrected chi connectivity index (χ4v) is 2.65.